The molecule has 1 amide bonds. The smallest absolute Gasteiger partial charge is 0.262 e. The number of rotatable bonds is 8. The summed E-state index contributed by atoms with van der Waals surface area (Å²) >= 11 is 1.30. The van der Waals surface area contributed by atoms with Gasteiger partial charge in [-0.15, -0.1) is 0 Å². The molecule has 2 aromatic rings. The van der Waals surface area contributed by atoms with E-state index >= 15 is 0 Å². The monoisotopic (exact) mass is 349 g/mol. The second kappa shape index (κ2) is 8.84. The predicted molar refractivity (Wildman–Crippen MR) is 96.5 cm³/mol. The van der Waals surface area contributed by atoms with Gasteiger partial charge in [-0.05, 0) is 32.4 Å². The minimum atomic E-state index is -0.335. The Morgan fingerprint density at radius 2 is 2.17 bits per heavy atom. The highest BCUT2D eigenvalue weighted by atomic mass is 32.2. The van der Waals surface area contributed by atoms with Crippen LogP contribution in [0.2, 0.25) is 0 Å². The van der Waals surface area contributed by atoms with Crippen LogP contribution in [0.15, 0.2) is 34.2 Å². The molecule has 0 aliphatic rings. The summed E-state index contributed by atoms with van der Waals surface area (Å²) in [6, 6.07) is 7.27. The van der Waals surface area contributed by atoms with E-state index in [9.17, 15) is 9.59 Å². The number of ether oxygens (including phenoxy) is 1. The molecule has 0 saturated carbocycles. The summed E-state index contributed by atoms with van der Waals surface area (Å²) in [5.41, 5.74) is 0.584. The Kier molecular flexibility index (Phi) is 6.81. The molecule has 0 radical (unpaired) electrons. The number of aromatic nitrogens is 2. The maximum absolute atomic E-state index is 12.6. The number of amides is 1. The van der Waals surface area contributed by atoms with Crippen LogP contribution in [0.1, 0.15) is 20.3 Å². The number of carbonyl (C=O) groups excluding carboxylic acids is 1. The Bertz CT molecular complexity index is 760. The molecule has 2 rings (SSSR count). The van der Waals surface area contributed by atoms with Crippen molar-refractivity contribution in [1.29, 1.82) is 0 Å². The summed E-state index contributed by atoms with van der Waals surface area (Å²) in [5, 5.41) is 3.70. The number of hydrogen-bond donors (Lipinski definition) is 1. The van der Waals surface area contributed by atoms with Gasteiger partial charge in [-0.1, -0.05) is 23.9 Å². The minimum Gasteiger partial charge on any atom is -0.385 e. The van der Waals surface area contributed by atoms with Gasteiger partial charge in [-0.2, -0.15) is 0 Å². The first-order valence-electron chi connectivity index (χ1n) is 8.01. The van der Waals surface area contributed by atoms with E-state index < -0.39 is 0 Å². The number of hydrogen-bond acceptors (Lipinski definition) is 5. The van der Waals surface area contributed by atoms with E-state index in [0.717, 1.165) is 6.42 Å². The van der Waals surface area contributed by atoms with Crippen LogP contribution in [0.4, 0.5) is 0 Å². The van der Waals surface area contributed by atoms with Crippen molar-refractivity contribution in [2.75, 3.05) is 20.3 Å². The molecule has 1 atom stereocenters. The molecule has 0 spiro atoms. The number of carbonyl (C=O) groups is 1. The van der Waals surface area contributed by atoms with Gasteiger partial charge in [0.1, 0.15) is 0 Å². The van der Waals surface area contributed by atoms with Gasteiger partial charge in [0.2, 0.25) is 5.91 Å². The third-order valence-corrected chi connectivity index (χ3v) is 4.71. The Hall–Kier alpha value is -1.86. The zero-order valence-electron chi connectivity index (χ0n) is 14.2. The summed E-state index contributed by atoms with van der Waals surface area (Å²) in [5.74, 6) is -0.0684. The summed E-state index contributed by atoms with van der Waals surface area (Å²) in [6.07, 6.45) is 0.771. The minimum absolute atomic E-state index is 0.0684. The molecule has 1 aromatic carbocycles. The number of benzene rings is 1. The van der Waals surface area contributed by atoms with E-state index in [4.69, 9.17) is 4.74 Å². The highest BCUT2D eigenvalue weighted by molar-refractivity contribution is 8.00. The van der Waals surface area contributed by atoms with E-state index in [0.29, 0.717) is 35.8 Å². The molecular weight excluding hydrogens is 326 g/mol. The molecule has 1 heterocycles. The maximum Gasteiger partial charge on any atom is 0.262 e. The Morgan fingerprint density at radius 1 is 1.42 bits per heavy atom. The molecule has 130 valence electrons. The molecule has 0 fully saturated rings. The lowest BCUT2D eigenvalue weighted by molar-refractivity contribution is -0.120. The summed E-state index contributed by atoms with van der Waals surface area (Å²) < 4.78 is 6.57. The SMILES string of the molecule is CCn1c(SC(C)C(=O)NCCCOC)nc2ccccc2c1=O. The van der Waals surface area contributed by atoms with Crippen LogP contribution < -0.4 is 10.9 Å². The molecule has 0 aliphatic heterocycles. The average molecular weight is 349 g/mol. The van der Waals surface area contributed by atoms with E-state index in [2.05, 4.69) is 10.3 Å². The third kappa shape index (κ3) is 4.36. The fraction of sp³-hybridized carbons (Fsp3) is 0.471. The molecule has 1 aromatic heterocycles. The van der Waals surface area contributed by atoms with Gasteiger partial charge in [0.15, 0.2) is 5.16 Å². The van der Waals surface area contributed by atoms with Crippen molar-refractivity contribution >= 4 is 28.6 Å². The zero-order valence-corrected chi connectivity index (χ0v) is 15.1. The van der Waals surface area contributed by atoms with E-state index in [1.165, 1.54) is 11.8 Å². The molecular formula is C17H23N3O3S. The van der Waals surface area contributed by atoms with Gasteiger partial charge in [0, 0.05) is 26.8 Å². The quantitative estimate of drug-likeness (QED) is 0.449. The summed E-state index contributed by atoms with van der Waals surface area (Å²) in [4.78, 5) is 29.3. The van der Waals surface area contributed by atoms with Crippen molar-refractivity contribution < 1.29 is 9.53 Å². The number of methoxy groups -OCH3 is 1. The molecule has 0 saturated heterocycles. The number of thioether (sulfide) groups is 1. The second-order valence-electron chi connectivity index (χ2n) is 5.36. The summed E-state index contributed by atoms with van der Waals surface area (Å²) in [6.45, 7) is 5.42. The molecule has 0 bridgehead atoms. The largest absolute Gasteiger partial charge is 0.385 e. The maximum atomic E-state index is 12.6. The van der Waals surface area contributed by atoms with E-state index in [-0.39, 0.29) is 16.7 Å². The van der Waals surface area contributed by atoms with E-state index in [1.54, 1.807) is 17.7 Å². The topological polar surface area (TPSA) is 73.2 Å². The van der Waals surface area contributed by atoms with Crippen molar-refractivity contribution in [3.05, 3.63) is 34.6 Å². The molecule has 6 nitrogen and oxygen atoms in total. The summed E-state index contributed by atoms with van der Waals surface area (Å²) in [7, 11) is 1.63. The van der Waals surface area contributed by atoms with Crippen LogP contribution in [0.25, 0.3) is 10.9 Å². The van der Waals surface area contributed by atoms with E-state index in [1.807, 2.05) is 32.0 Å². The number of fused-ring (bicyclic) bond motifs is 1. The molecule has 1 N–H and O–H groups in total. The van der Waals surface area contributed by atoms with Crippen molar-refractivity contribution in [2.45, 2.75) is 37.2 Å². The van der Waals surface area contributed by atoms with Crippen molar-refractivity contribution in [2.24, 2.45) is 0 Å². The average Bonchev–Trinajstić information content (AvgIpc) is 2.59. The van der Waals surface area contributed by atoms with Crippen LogP contribution in [0.3, 0.4) is 0 Å². The highest BCUT2D eigenvalue weighted by Crippen LogP contribution is 2.22. The lowest BCUT2D eigenvalue weighted by Crippen LogP contribution is -2.33. The van der Waals surface area contributed by atoms with Crippen LogP contribution >= 0.6 is 11.8 Å². The third-order valence-electron chi connectivity index (χ3n) is 3.62. The number of para-hydroxylation sites is 1. The fourth-order valence-corrected chi connectivity index (χ4v) is 3.30. The lowest BCUT2D eigenvalue weighted by atomic mass is 10.2. The van der Waals surface area contributed by atoms with Crippen molar-refractivity contribution in [1.82, 2.24) is 14.9 Å². The molecule has 7 heteroatoms. The zero-order chi connectivity index (χ0) is 17.5. The van der Waals surface area contributed by atoms with Gasteiger partial charge in [-0.3, -0.25) is 14.2 Å². The predicted octanol–water partition coefficient (Wildman–Crippen LogP) is 2.05. The number of nitrogens with one attached hydrogen (secondary N) is 1. The standard InChI is InChI=1S/C17H23N3O3S/c1-4-20-16(22)13-8-5-6-9-14(13)19-17(20)24-12(2)15(21)18-10-7-11-23-3/h5-6,8-9,12H,4,7,10-11H2,1-3H3,(H,18,21). The van der Waals surface area contributed by atoms with Crippen LogP contribution in [-0.4, -0.2) is 41.0 Å². The highest BCUT2D eigenvalue weighted by Gasteiger charge is 2.18. The van der Waals surface area contributed by atoms with Crippen molar-refractivity contribution in [3.63, 3.8) is 0 Å². The normalized spacial score (nSPS) is 12.3. The van der Waals surface area contributed by atoms with Gasteiger partial charge < -0.3 is 10.1 Å². The van der Waals surface area contributed by atoms with Crippen LogP contribution in [0.5, 0.6) is 0 Å². The van der Waals surface area contributed by atoms with Gasteiger partial charge in [-0.25, -0.2) is 4.98 Å². The Balaban J connectivity index is 2.16. The van der Waals surface area contributed by atoms with Gasteiger partial charge >= 0.3 is 0 Å². The first-order valence-corrected chi connectivity index (χ1v) is 8.89. The van der Waals surface area contributed by atoms with Gasteiger partial charge in [0.05, 0.1) is 16.2 Å². The molecule has 24 heavy (non-hydrogen) atoms. The van der Waals surface area contributed by atoms with Crippen LogP contribution in [-0.2, 0) is 16.1 Å². The Morgan fingerprint density at radius 3 is 2.88 bits per heavy atom. The second-order valence-corrected chi connectivity index (χ2v) is 6.67. The fourth-order valence-electron chi connectivity index (χ4n) is 2.30. The van der Waals surface area contributed by atoms with Crippen LogP contribution in [0, 0.1) is 0 Å². The van der Waals surface area contributed by atoms with Gasteiger partial charge in [0.25, 0.3) is 5.56 Å². The van der Waals surface area contributed by atoms with Crippen molar-refractivity contribution in [3.8, 4) is 0 Å². The molecule has 1 unspecified atom stereocenters. The lowest BCUT2D eigenvalue weighted by Gasteiger charge is -2.15. The first kappa shape index (κ1) is 18.5. The number of nitrogens with zero attached hydrogens (tertiary/aromatic N) is 2. The molecule has 0 aliphatic carbocycles. The Labute approximate surface area is 145 Å². The first-order chi connectivity index (χ1) is 11.6.